The Bertz CT molecular complexity index is 901. The van der Waals surface area contributed by atoms with Crippen molar-refractivity contribution in [3.05, 3.63) is 58.9 Å². The number of benzene rings is 2. The quantitative estimate of drug-likeness (QED) is 0.380. The van der Waals surface area contributed by atoms with Crippen LogP contribution in [0.4, 0.5) is 26.3 Å². The van der Waals surface area contributed by atoms with Crippen molar-refractivity contribution in [2.45, 2.75) is 44.7 Å². The van der Waals surface area contributed by atoms with Crippen molar-refractivity contribution in [3.8, 4) is 23.0 Å². The van der Waals surface area contributed by atoms with Crippen molar-refractivity contribution in [1.82, 2.24) is 0 Å². The van der Waals surface area contributed by atoms with Crippen LogP contribution in [0.25, 0.3) is 11.1 Å². The number of alkyl halides is 3. The van der Waals surface area contributed by atoms with Crippen LogP contribution in [-0.2, 0) is 0 Å². The Morgan fingerprint density at radius 3 is 2.00 bits per heavy atom. The van der Waals surface area contributed by atoms with Crippen LogP contribution in [0, 0.1) is 35.2 Å². The number of hydrogen-bond donors (Lipinski definition) is 0. The summed E-state index contributed by atoms with van der Waals surface area (Å²) in [6.07, 6.45) is -0.780. The Hall–Kier alpha value is -2.42. The van der Waals surface area contributed by atoms with Crippen molar-refractivity contribution in [2.75, 3.05) is 0 Å². The lowest BCUT2D eigenvalue weighted by Crippen LogP contribution is -2.11. The van der Waals surface area contributed by atoms with E-state index in [4.69, 9.17) is 0 Å². The molecule has 0 aromatic heterocycles. The van der Waals surface area contributed by atoms with Crippen molar-refractivity contribution < 1.29 is 26.3 Å². The monoisotopic (exact) mass is 396 g/mol. The predicted molar refractivity (Wildman–Crippen MR) is 95.1 cm³/mol. The molecule has 0 atom stereocenters. The first-order chi connectivity index (χ1) is 13.1. The minimum Gasteiger partial charge on any atom is -0.206 e. The van der Waals surface area contributed by atoms with Crippen LogP contribution in [0.2, 0.25) is 0 Å². The third kappa shape index (κ3) is 4.70. The van der Waals surface area contributed by atoms with Crippen LogP contribution in [-0.4, -0.2) is 6.18 Å². The van der Waals surface area contributed by atoms with Crippen molar-refractivity contribution in [3.63, 3.8) is 0 Å². The van der Waals surface area contributed by atoms with Gasteiger partial charge in [0.2, 0.25) is 0 Å². The molecule has 0 unspecified atom stereocenters. The summed E-state index contributed by atoms with van der Waals surface area (Å²) in [7, 11) is 0. The molecule has 0 radical (unpaired) electrons. The molecule has 0 spiro atoms. The Morgan fingerprint density at radius 1 is 0.857 bits per heavy atom. The van der Waals surface area contributed by atoms with Crippen molar-refractivity contribution in [1.29, 1.82) is 0 Å². The summed E-state index contributed by atoms with van der Waals surface area (Å²) in [5, 5.41) is 0. The zero-order valence-electron chi connectivity index (χ0n) is 15.1. The Kier molecular flexibility index (Phi) is 5.74. The van der Waals surface area contributed by atoms with Crippen LogP contribution in [0.3, 0.4) is 0 Å². The molecule has 0 amide bonds. The Morgan fingerprint density at radius 2 is 1.46 bits per heavy atom. The van der Waals surface area contributed by atoms with Gasteiger partial charge >= 0.3 is 6.18 Å². The molecule has 1 fully saturated rings. The molecule has 0 saturated heterocycles. The van der Waals surface area contributed by atoms with Gasteiger partial charge in [0.1, 0.15) is 17.5 Å². The van der Waals surface area contributed by atoms with Crippen LogP contribution >= 0.6 is 0 Å². The summed E-state index contributed by atoms with van der Waals surface area (Å²) in [5.74, 6) is 0.0444. The normalized spacial score (nSPS) is 19.8. The van der Waals surface area contributed by atoms with E-state index in [9.17, 15) is 26.3 Å². The molecule has 0 bridgehead atoms. The first-order valence-electron chi connectivity index (χ1n) is 9.03. The fourth-order valence-electron chi connectivity index (χ4n) is 3.59. The summed E-state index contributed by atoms with van der Waals surface area (Å²) in [6, 6.07) is 6.17. The molecule has 1 aliphatic carbocycles. The van der Waals surface area contributed by atoms with E-state index in [1.807, 2.05) is 0 Å². The summed E-state index contributed by atoms with van der Waals surface area (Å²) >= 11 is 0. The summed E-state index contributed by atoms with van der Waals surface area (Å²) in [6.45, 7) is 2.19. The second-order valence-corrected chi connectivity index (χ2v) is 7.26. The van der Waals surface area contributed by atoms with E-state index in [0.29, 0.717) is 5.92 Å². The van der Waals surface area contributed by atoms with Crippen LogP contribution in [0.5, 0.6) is 0 Å². The zero-order chi connectivity index (χ0) is 20.5. The topological polar surface area (TPSA) is 0 Å². The van der Waals surface area contributed by atoms with Crippen LogP contribution in [0.1, 0.15) is 49.7 Å². The van der Waals surface area contributed by atoms with Gasteiger partial charge in [-0.15, -0.1) is 0 Å². The predicted octanol–water partition coefficient (Wildman–Crippen LogP) is 6.98. The second kappa shape index (κ2) is 7.90. The van der Waals surface area contributed by atoms with Crippen molar-refractivity contribution >= 4 is 0 Å². The average molecular weight is 396 g/mol. The van der Waals surface area contributed by atoms with Crippen molar-refractivity contribution in [2.24, 2.45) is 5.92 Å². The molecule has 28 heavy (non-hydrogen) atoms. The second-order valence-electron chi connectivity index (χ2n) is 7.26. The van der Waals surface area contributed by atoms with Gasteiger partial charge in [-0.1, -0.05) is 37.8 Å². The van der Waals surface area contributed by atoms with Gasteiger partial charge in [-0.3, -0.25) is 0 Å². The maximum absolute atomic E-state index is 14.6. The number of rotatable bonds is 2. The molecule has 0 nitrogen and oxygen atoms in total. The highest BCUT2D eigenvalue weighted by atomic mass is 19.4. The SMILES string of the molecule is CC1CCC(c2ccc(-c3cc(F)c(C#CC(F)(F)F)c(F)c3)c(F)c2)CC1. The van der Waals surface area contributed by atoms with E-state index in [1.165, 1.54) is 18.1 Å². The molecule has 2 aromatic rings. The molecule has 1 aliphatic rings. The third-order valence-corrected chi connectivity index (χ3v) is 5.16. The highest BCUT2D eigenvalue weighted by Gasteiger charge is 2.24. The lowest BCUT2D eigenvalue weighted by molar-refractivity contribution is -0.0696. The lowest BCUT2D eigenvalue weighted by atomic mass is 9.79. The van der Waals surface area contributed by atoms with E-state index in [1.54, 1.807) is 6.07 Å². The maximum Gasteiger partial charge on any atom is 0.458 e. The van der Waals surface area contributed by atoms with E-state index in [-0.39, 0.29) is 17.0 Å². The van der Waals surface area contributed by atoms with Crippen LogP contribution < -0.4 is 0 Å². The largest absolute Gasteiger partial charge is 0.458 e. The molecular weight excluding hydrogens is 378 g/mol. The van der Waals surface area contributed by atoms with Crippen LogP contribution in [0.15, 0.2) is 30.3 Å². The van der Waals surface area contributed by atoms with Gasteiger partial charge in [0.05, 0.1) is 5.56 Å². The van der Waals surface area contributed by atoms with Gasteiger partial charge in [0.15, 0.2) is 0 Å². The Balaban J connectivity index is 1.90. The summed E-state index contributed by atoms with van der Waals surface area (Å²) < 4.78 is 79.2. The van der Waals surface area contributed by atoms with E-state index < -0.39 is 29.2 Å². The van der Waals surface area contributed by atoms with E-state index in [2.05, 4.69) is 6.92 Å². The lowest BCUT2D eigenvalue weighted by Gasteiger charge is -2.26. The highest BCUT2D eigenvalue weighted by Crippen LogP contribution is 2.37. The minimum atomic E-state index is -4.86. The number of hydrogen-bond acceptors (Lipinski definition) is 0. The fraction of sp³-hybridized carbons (Fsp3) is 0.364. The number of halogens is 6. The molecule has 0 heterocycles. The van der Waals surface area contributed by atoms with Gasteiger partial charge in [-0.25, -0.2) is 13.2 Å². The molecule has 0 aliphatic heterocycles. The maximum atomic E-state index is 14.6. The molecule has 0 N–H and O–H groups in total. The fourth-order valence-corrected chi connectivity index (χ4v) is 3.59. The zero-order valence-corrected chi connectivity index (χ0v) is 15.1. The first-order valence-corrected chi connectivity index (χ1v) is 9.03. The van der Waals surface area contributed by atoms with Gasteiger partial charge in [-0.05, 0) is 54.0 Å². The summed E-state index contributed by atoms with van der Waals surface area (Å²) in [4.78, 5) is 0. The van der Waals surface area contributed by atoms with Gasteiger partial charge in [-0.2, -0.15) is 13.2 Å². The van der Waals surface area contributed by atoms with Gasteiger partial charge < -0.3 is 0 Å². The summed E-state index contributed by atoms with van der Waals surface area (Å²) in [5.41, 5.74) is -0.244. The smallest absolute Gasteiger partial charge is 0.206 e. The molecule has 1 saturated carbocycles. The standard InChI is InChI=1S/C22H18F6/c1-13-2-4-14(5-3-13)15-6-7-17(19(23)10-15)16-11-20(24)18(21(25)12-16)8-9-22(26,27)28/h6-7,10-14H,2-5H2,1H3. The van der Waals surface area contributed by atoms with E-state index in [0.717, 1.165) is 49.3 Å². The highest BCUT2D eigenvalue weighted by molar-refractivity contribution is 5.66. The van der Waals surface area contributed by atoms with Gasteiger partial charge in [0, 0.05) is 11.5 Å². The van der Waals surface area contributed by atoms with E-state index >= 15 is 0 Å². The molecule has 6 heteroatoms. The molecule has 148 valence electrons. The average Bonchev–Trinajstić information content (AvgIpc) is 2.60. The molecule has 2 aromatic carbocycles. The molecule has 3 rings (SSSR count). The molecular formula is C22H18F6. The minimum absolute atomic E-state index is 0.0129. The Labute approximate surface area is 159 Å². The van der Waals surface area contributed by atoms with Gasteiger partial charge in [0.25, 0.3) is 0 Å². The third-order valence-electron chi connectivity index (χ3n) is 5.16. The first kappa shape index (κ1) is 20.3.